The van der Waals surface area contributed by atoms with Gasteiger partial charge in [-0.05, 0) is 0 Å². The lowest BCUT2D eigenvalue weighted by atomic mass is 10.7. The minimum absolute atomic E-state index is 0.713. The first-order valence-electron chi connectivity index (χ1n) is 2.43. The first-order chi connectivity index (χ1) is 3.72. The van der Waals surface area contributed by atoms with E-state index in [9.17, 15) is 5.21 Å². The maximum Gasteiger partial charge on any atom is 0.256 e. The van der Waals surface area contributed by atoms with Crippen molar-refractivity contribution in [1.82, 2.24) is 4.57 Å². The predicted octanol–water partition coefficient (Wildman–Crippen LogP) is -0.0331. The molecule has 1 aromatic rings. The molecular weight excluding hydrogens is 104 g/mol. The third-order valence-electron chi connectivity index (χ3n) is 1.26. The standard InChI is InChI=1S/C5H8N2O/c1-5-6(2)3-4-7(5)8/h3-4H,1-2H3. The second kappa shape index (κ2) is 1.51. The van der Waals surface area contributed by atoms with Gasteiger partial charge in [0.2, 0.25) is 0 Å². The third-order valence-corrected chi connectivity index (χ3v) is 1.26. The molecule has 0 atom stereocenters. The molecule has 3 heteroatoms. The van der Waals surface area contributed by atoms with Gasteiger partial charge >= 0.3 is 0 Å². The van der Waals surface area contributed by atoms with Crippen LogP contribution in [0.15, 0.2) is 12.4 Å². The van der Waals surface area contributed by atoms with Crippen molar-refractivity contribution in [2.75, 3.05) is 0 Å². The van der Waals surface area contributed by atoms with Gasteiger partial charge < -0.3 is 5.21 Å². The minimum Gasteiger partial charge on any atom is -0.711 e. The quantitative estimate of drug-likeness (QED) is 0.342. The maximum atomic E-state index is 10.5. The van der Waals surface area contributed by atoms with Crippen molar-refractivity contribution in [3.8, 4) is 0 Å². The van der Waals surface area contributed by atoms with Crippen LogP contribution in [-0.2, 0) is 7.05 Å². The van der Waals surface area contributed by atoms with E-state index in [0.717, 1.165) is 4.73 Å². The normalized spacial score (nSPS) is 9.75. The molecule has 0 unspecified atom stereocenters. The lowest BCUT2D eigenvalue weighted by Crippen LogP contribution is -2.27. The summed E-state index contributed by atoms with van der Waals surface area (Å²) in [5.74, 6) is 0.713. The number of hydrogen-bond acceptors (Lipinski definition) is 1. The molecule has 44 valence electrons. The van der Waals surface area contributed by atoms with E-state index >= 15 is 0 Å². The number of aryl methyl sites for hydroxylation is 1. The van der Waals surface area contributed by atoms with Crippen molar-refractivity contribution in [3.63, 3.8) is 0 Å². The van der Waals surface area contributed by atoms with Crippen LogP contribution in [0.1, 0.15) is 5.82 Å². The molecule has 0 aliphatic carbocycles. The lowest BCUT2D eigenvalue weighted by Gasteiger charge is -1.95. The molecule has 1 aromatic heterocycles. The van der Waals surface area contributed by atoms with Crippen LogP contribution in [0.4, 0.5) is 0 Å². The zero-order chi connectivity index (χ0) is 6.15. The Morgan fingerprint density at radius 3 is 2.50 bits per heavy atom. The van der Waals surface area contributed by atoms with Crippen LogP contribution in [-0.4, -0.2) is 4.57 Å². The largest absolute Gasteiger partial charge is 0.711 e. The fraction of sp³-hybridized carbons (Fsp3) is 0.400. The molecule has 0 saturated carbocycles. The molecule has 0 saturated heterocycles. The summed E-state index contributed by atoms with van der Waals surface area (Å²) in [6.07, 6.45) is 3.21. The van der Waals surface area contributed by atoms with Gasteiger partial charge in [-0.25, -0.2) is 9.30 Å². The second-order valence-corrected chi connectivity index (χ2v) is 1.78. The van der Waals surface area contributed by atoms with E-state index < -0.39 is 0 Å². The van der Waals surface area contributed by atoms with Crippen LogP contribution in [0, 0.1) is 12.1 Å². The summed E-state index contributed by atoms with van der Waals surface area (Å²) < 4.78 is 2.60. The molecular formula is C5H8N2O. The monoisotopic (exact) mass is 112 g/mol. The van der Waals surface area contributed by atoms with Crippen LogP contribution in [0.25, 0.3) is 0 Å². The van der Waals surface area contributed by atoms with Crippen molar-refractivity contribution in [2.24, 2.45) is 7.05 Å². The van der Waals surface area contributed by atoms with Crippen LogP contribution >= 0.6 is 0 Å². The van der Waals surface area contributed by atoms with Gasteiger partial charge in [-0.2, -0.15) is 0 Å². The summed E-state index contributed by atoms with van der Waals surface area (Å²) in [6, 6.07) is 0. The van der Waals surface area contributed by atoms with Crippen LogP contribution in [0.3, 0.4) is 0 Å². The summed E-state index contributed by atoms with van der Waals surface area (Å²) in [4.78, 5) is 0. The van der Waals surface area contributed by atoms with Gasteiger partial charge in [0.05, 0.1) is 7.05 Å². The van der Waals surface area contributed by atoms with Crippen molar-refractivity contribution >= 4 is 0 Å². The number of aromatic nitrogens is 2. The van der Waals surface area contributed by atoms with Gasteiger partial charge in [0.1, 0.15) is 12.4 Å². The van der Waals surface area contributed by atoms with Gasteiger partial charge in [0, 0.05) is 6.92 Å². The van der Waals surface area contributed by atoms with Crippen molar-refractivity contribution in [1.29, 1.82) is 0 Å². The molecule has 0 aromatic carbocycles. The fourth-order valence-electron chi connectivity index (χ4n) is 0.532. The average Bonchev–Trinajstić information content (AvgIpc) is 1.98. The highest BCUT2D eigenvalue weighted by Gasteiger charge is 1.98. The summed E-state index contributed by atoms with van der Waals surface area (Å²) in [5, 5.41) is 10.5. The topological polar surface area (TPSA) is 31.9 Å². The highest BCUT2D eigenvalue weighted by atomic mass is 16.5. The van der Waals surface area contributed by atoms with Gasteiger partial charge in [-0.15, -0.1) is 0 Å². The molecule has 0 fully saturated rings. The average molecular weight is 112 g/mol. The summed E-state index contributed by atoms with van der Waals surface area (Å²) >= 11 is 0. The van der Waals surface area contributed by atoms with Gasteiger partial charge in [-0.3, -0.25) is 0 Å². The van der Waals surface area contributed by atoms with Crippen LogP contribution in [0.5, 0.6) is 0 Å². The highest BCUT2D eigenvalue weighted by Crippen LogP contribution is 1.84. The molecule has 1 heterocycles. The predicted molar refractivity (Wildman–Crippen MR) is 29.1 cm³/mol. The van der Waals surface area contributed by atoms with Crippen molar-refractivity contribution in [2.45, 2.75) is 6.92 Å². The number of rotatable bonds is 0. The van der Waals surface area contributed by atoms with Gasteiger partial charge in [0.15, 0.2) is 0 Å². The van der Waals surface area contributed by atoms with E-state index in [-0.39, 0.29) is 0 Å². The van der Waals surface area contributed by atoms with Gasteiger partial charge in [0.25, 0.3) is 5.82 Å². The van der Waals surface area contributed by atoms with E-state index in [1.54, 1.807) is 17.7 Å². The van der Waals surface area contributed by atoms with Crippen LogP contribution < -0.4 is 4.73 Å². The van der Waals surface area contributed by atoms with E-state index in [0.29, 0.717) is 5.82 Å². The van der Waals surface area contributed by atoms with E-state index in [1.807, 2.05) is 7.05 Å². The van der Waals surface area contributed by atoms with Crippen molar-refractivity contribution < 1.29 is 4.73 Å². The molecule has 3 nitrogen and oxygen atoms in total. The number of imidazole rings is 1. The Morgan fingerprint density at radius 2 is 2.38 bits per heavy atom. The highest BCUT2D eigenvalue weighted by molar-refractivity contribution is 4.76. The summed E-state index contributed by atoms with van der Waals surface area (Å²) in [7, 11) is 1.84. The van der Waals surface area contributed by atoms with Crippen molar-refractivity contribution in [3.05, 3.63) is 23.4 Å². The molecule has 0 spiro atoms. The first-order valence-corrected chi connectivity index (χ1v) is 2.43. The molecule has 0 aliphatic rings. The second-order valence-electron chi connectivity index (χ2n) is 1.78. The smallest absolute Gasteiger partial charge is 0.256 e. The number of hydrogen-bond donors (Lipinski definition) is 0. The summed E-state index contributed by atoms with van der Waals surface area (Å²) in [6.45, 7) is 1.77. The molecule has 0 radical (unpaired) electrons. The zero-order valence-corrected chi connectivity index (χ0v) is 4.96. The molecule has 0 bridgehead atoms. The van der Waals surface area contributed by atoms with Crippen LogP contribution in [0.2, 0.25) is 0 Å². The molecule has 0 N–H and O–H groups in total. The van der Waals surface area contributed by atoms with E-state index in [4.69, 9.17) is 0 Å². The molecule has 0 amide bonds. The third kappa shape index (κ3) is 0.559. The van der Waals surface area contributed by atoms with E-state index in [1.165, 1.54) is 6.20 Å². The lowest BCUT2D eigenvalue weighted by molar-refractivity contribution is -0.611. The Bertz CT molecular complexity index is 173. The Morgan fingerprint density at radius 1 is 1.75 bits per heavy atom. The van der Waals surface area contributed by atoms with E-state index in [2.05, 4.69) is 0 Å². The molecule has 0 aliphatic heterocycles. The Kier molecular flexibility index (Phi) is 0.970. The summed E-state index contributed by atoms with van der Waals surface area (Å²) in [5.41, 5.74) is 0. The fourth-order valence-corrected chi connectivity index (χ4v) is 0.532. The zero-order valence-electron chi connectivity index (χ0n) is 4.96. The minimum atomic E-state index is 0.713. The Labute approximate surface area is 47.8 Å². The Hall–Kier alpha value is -0.990. The maximum absolute atomic E-state index is 10.5. The SMILES string of the molecule is Cc1n(C)cc[n+]1[O-]. The molecule has 8 heavy (non-hydrogen) atoms. The molecule has 1 rings (SSSR count). The van der Waals surface area contributed by atoms with Gasteiger partial charge in [-0.1, -0.05) is 0 Å². The Balaban J connectivity index is 3.19. The number of nitrogens with zero attached hydrogens (tertiary/aromatic N) is 2. The first kappa shape index (κ1) is 5.15.